The Balaban J connectivity index is 1.98. The van der Waals surface area contributed by atoms with Gasteiger partial charge in [0.2, 0.25) is 0 Å². The van der Waals surface area contributed by atoms with Crippen LogP contribution in [-0.4, -0.2) is 29.2 Å². The Hall–Kier alpha value is -1.63. The molecule has 0 radical (unpaired) electrons. The molecule has 0 bridgehead atoms. The SMILES string of the molecule is C[C@H]1C[C@@H](CC(=O)CBr)CN(c2ccc(C(F)(F)F)c3ncccc23)C1. The molecule has 140 valence electrons. The Morgan fingerprint density at radius 2 is 2.08 bits per heavy atom. The molecule has 0 saturated carbocycles. The van der Waals surface area contributed by atoms with Gasteiger partial charge in [0.05, 0.1) is 16.4 Å². The summed E-state index contributed by atoms with van der Waals surface area (Å²) in [5.74, 6) is 0.728. The fraction of sp³-hybridized carbons (Fsp3) is 0.474. The second-order valence-electron chi connectivity index (χ2n) is 7.02. The second-order valence-corrected chi connectivity index (χ2v) is 7.58. The van der Waals surface area contributed by atoms with Gasteiger partial charge in [-0.05, 0) is 42.5 Å². The van der Waals surface area contributed by atoms with Crippen LogP contribution in [0.15, 0.2) is 30.5 Å². The highest BCUT2D eigenvalue weighted by atomic mass is 79.9. The minimum atomic E-state index is -4.44. The highest BCUT2D eigenvalue weighted by molar-refractivity contribution is 9.09. The first-order valence-electron chi connectivity index (χ1n) is 8.57. The predicted molar refractivity (Wildman–Crippen MR) is 99.6 cm³/mol. The normalized spacial score (nSPS) is 21.2. The summed E-state index contributed by atoms with van der Waals surface area (Å²) >= 11 is 3.20. The van der Waals surface area contributed by atoms with Crippen LogP contribution in [0.2, 0.25) is 0 Å². The number of rotatable bonds is 4. The number of alkyl halides is 4. The summed E-state index contributed by atoms with van der Waals surface area (Å²) in [6.45, 7) is 3.54. The van der Waals surface area contributed by atoms with Gasteiger partial charge in [0, 0.05) is 36.8 Å². The molecule has 1 aliphatic heterocycles. The van der Waals surface area contributed by atoms with Crippen molar-refractivity contribution in [2.24, 2.45) is 11.8 Å². The molecule has 0 amide bonds. The molecule has 2 heterocycles. The van der Waals surface area contributed by atoms with Gasteiger partial charge in [0.1, 0.15) is 5.78 Å². The van der Waals surface area contributed by atoms with Crippen molar-refractivity contribution in [2.75, 3.05) is 23.3 Å². The number of hydrogen-bond donors (Lipinski definition) is 0. The van der Waals surface area contributed by atoms with Crippen LogP contribution in [-0.2, 0) is 11.0 Å². The van der Waals surface area contributed by atoms with E-state index in [9.17, 15) is 18.0 Å². The molecule has 1 aliphatic rings. The summed E-state index contributed by atoms with van der Waals surface area (Å²) in [6.07, 6.45) is -1.61. The van der Waals surface area contributed by atoms with Crippen LogP contribution in [0.1, 0.15) is 25.3 Å². The van der Waals surface area contributed by atoms with Crippen molar-refractivity contribution >= 4 is 38.3 Å². The number of pyridine rings is 1. The van der Waals surface area contributed by atoms with E-state index in [0.29, 0.717) is 29.6 Å². The van der Waals surface area contributed by atoms with Crippen LogP contribution in [0.25, 0.3) is 10.9 Å². The average molecular weight is 429 g/mol. The lowest BCUT2D eigenvalue weighted by atomic mass is 9.86. The molecule has 0 unspecified atom stereocenters. The molecule has 3 nitrogen and oxygen atoms in total. The van der Waals surface area contributed by atoms with E-state index in [1.807, 2.05) is 0 Å². The first kappa shape index (κ1) is 19.1. The maximum absolute atomic E-state index is 13.3. The zero-order chi connectivity index (χ0) is 18.9. The molecule has 1 aromatic heterocycles. The van der Waals surface area contributed by atoms with Gasteiger partial charge in [-0.15, -0.1) is 0 Å². The summed E-state index contributed by atoms with van der Waals surface area (Å²) in [7, 11) is 0. The van der Waals surface area contributed by atoms with Crippen molar-refractivity contribution < 1.29 is 18.0 Å². The number of hydrogen-bond acceptors (Lipinski definition) is 3. The molecule has 0 spiro atoms. The Morgan fingerprint density at radius 1 is 1.31 bits per heavy atom. The highest BCUT2D eigenvalue weighted by Crippen LogP contribution is 2.39. The number of anilines is 1. The predicted octanol–water partition coefficient (Wildman–Crippen LogP) is 5.07. The largest absolute Gasteiger partial charge is 0.418 e. The minimum absolute atomic E-state index is 0.0242. The molecule has 2 aromatic rings. The van der Waals surface area contributed by atoms with Gasteiger partial charge in [0.25, 0.3) is 0 Å². The standard InChI is InChI=1S/C19H20BrF3N2O/c1-12-7-13(8-14(26)9-20)11-25(10-12)17-5-4-16(19(21,22)23)18-15(17)3-2-6-24-18/h2-6,12-13H,7-11H2,1H3/t12-,13-/m0/s1. The summed E-state index contributed by atoms with van der Waals surface area (Å²) in [5.41, 5.74) is 0.0145. The van der Waals surface area contributed by atoms with Crippen molar-refractivity contribution in [1.29, 1.82) is 0 Å². The molecular weight excluding hydrogens is 409 g/mol. The molecule has 26 heavy (non-hydrogen) atoms. The number of benzene rings is 1. The number of ketones is 1. The maximum atomic E-state index is 13.3. The van der Waals surface area contributed by atoms with E-state index in [4.69, 9.17) is 0 Å². The summed E-state index contributed by atoms with van der Waals surface area (Å²) < 4.78 is 39.9. The molecule has 7 heteroatoms. The zero-order valence-electron chi connectivity index (χ0n) is 14.4. The Labute approximate surface area is 158 Å². The van der Waals surface area contributed by atoms with E-state index in [-0.39, 0.29) is 17.2 Å². The highest BCUT2D eigenvalue weighted by Gasteiger charge is 2.34. The van der Waals surface area contributed by atoms with Crippen LogP contribution < -0.4 is 4.90 Å². The van der Waals surface area contributed by atoms with Crippen LogP contribution in [0.5, 0.6) is 0 Å². The number of halogens is 4. The van der Waals surface area contributed by atoms with Crippen LogP contribution in [0, 0.1) is 11.8 Å². The Bertz CT molecular complexity index is 809. The van der Waals surface area contributed by atoms with E-state index < -0.39 is 11.7 Å². The molecule has 1 saturated heterocycles. The van der Waals surface area contributed by atoms with Crippen LogP contribution >= 0.6 is 15.9 Å². The number of fused-ring (bicyclic) bond motifs is 1. The summed E-state index contributed by atoms with van der Waals surface area (Å²) in [4.78, 5) is 17.9. The molecule has 2 atom stereocenters. The fourth-order valence-corrected chi connectivity index (χ4v) is 4.09. The van der Waals surface area contributed by atoms with Crippen molar-refractivity contribution in [2.45, 2.75) is 25.9 Å². The third-order valence-electron chi connectivity index (χ3n) is 4.80. The molecule has 1 aromatic carbocycles. The van der Waals surface area contributed by atoms with Gasteiger partial charge >= 0.3 is 6.18 Å². The van der Waals surface area contributed by atoms with Crippen LogP contribution in [0.4, 0.5) is 18.9 Å². The molecule has 3 rings (SSSR count). The van der Waals surface area contributed by atoms with Crippen molar-refractivity contribution in [3.63, 3.8) is 0 Å². The van der Waals surface area contributed by atoms with Gasteiger partial charge < -0.3 is 4.90 Å². The lowest BCUT2D eigenvalue weighted by Gasteiger charge is -2.38. The molecular formula is C19H20BrF3N2O. The molecule has 0 aliphatic carbocycles. The van der Waals surface area contributed by atoms with Crippen molar-refractivity contribution in [3.05, 3.63) is 36.0 Å². The number of piperidine rings is 1. The lowest BCUT2D eigenvalue weighted by molar-refractivity contribution is -0.136. The van der Waals surface area contributed by atoms with E-state index in [0.717, 1.165) is 24.7 Å². The van der Waals surface area contributed by atoms with Crippen LogP contribution in [0.3, 0.4) is 0 Å². The third kappa shape index (κ3) is 4.03. The summed E-state index contributed by atoms with van der Waals surface area (Å²) in [6, 6.07) is 5.99. The number of aromatic nitrogens is 1. The average Bonchev–Trinajstić information content (AvgIpc) is 2.59. The topological polar surface area (TPSA) is 33.2 Å². The maximum Gasteiger partial charge on any atom is 0.418 e. The van der Waals surface area contributed by atoms with Gasteiger partial charge in [-0.1, -0.05) is 22.9 Å². The lowest BCUT2D eigenvalue weighted by Crippen LogP contribution is -2.40. The van der Waals surface area contributed by atoms with Crippen molar-refractivity contribution in [3.8, 4) is 0 Å². The smallest absolute Gasteiger partial charge is 0.370 e. The van der Waals surface area contributed by atoms with E-state index in [1.54, 1.807) is 12.1 Å². The van der Waals surface area contributed by atoms with Gasteiger partial charge in [0.15, 0.2) is 0 Å². The number of carbonyl (C=O) groups is 1. The number of Topliss-reactive ketones (excluding diaryl/α,β-unsaturated/α-hetero) is 1. The monoisotopic (exact) mass is 428 g/mol. The minimum Gasteiger partial charge on any atom is -0.370 e. The van der Waals surface area contributed by atoms with Gasteiger partial charge in [-0.2, -0.15) is 13.2 Å². The van der Waals surface area contributed by atoms with Crippen molar-refractivity contribution in [1.82, 2.24) is 4.98 Å². The number of carbonyl (C=O) groups excluding carboxylic acids is 1. The third-order valence-corrected chi connectivity index (χ3v) is 5.43. The zero-order valence-corrected chi connectivity index (χ0v) is 16.0. The van der Waals surface area contributed by atoms with Gasteiger partial charge in [-0.25, -0.2) is 0 Å². The second kappa shape index (κ2) is 7.55. The van der Waals surface area contributed by atoms with E-state index >= 15 is 0 Å². The van der Waals surface area contributed by atoms with Gasteiger partial charge in [-0.3, -0.25) is 9.78 Å². The summed E-state index contributed by atoms with van der Waals surface area (Å²) in [5, 5.41) is 0.840. The Morgan fingerprint density at radius 3 is 2.77 bits per heavy atom. The quantitative estimate of drug-likeness (QED) is 0.637. The van der Waals surface area contributed by atoms with E-state index in [1.165, 1.54) is 12.3 Å². The first-order valence-corrected chi connectivity index (χ1v) is 9.69. The van der Waals surface area contributed by atoms with E-state index in [2.05, 4.69) is 32.7 Å². The molecule has 0 N–H and O–H groups in total. The Kier molecular flexibility index (Phi) is 5.55. The first-order chi connectivity index (χ1) is 12.3. The molecule has 1 fully saturated rings. The number of nitrogens with zero attached hydrogens (tertiary/aromatic N) is 2. The fourth-order valence-electron chi connectivity index (χ4n) is 3.86.